The highest BCUT2D eigenvalue weighted by Crippen LogP contribution is 2.18. The number of benzene rings is 1. The van der Waals surface area contributed by atoms with Gasteiger partial charge < -0.3 is 15.2 Å². The van der Waals surface area contributed by atoms with Gasteiger partial charge in [0.05, 0.1) is 0 Å². The molecule has 0 spiro atoms. The van der Waals surface area contributed by atoms with E-state index in [-0.39, 0.29) is 19.4 Å². The molecule has 2 N–H and O–H groups in total. The van der Waals surface area contributed by atoms with Gasteiger partial charge in [0.25, 0.3) is 0 Å². The molecule has 0 fully saturated rings. The second kappa shape index (κ2) is 7.89. The van der Waals surface area contributed by atoms with Crippen LogP contribution in [-0.2, 0) is 16.1 Å². The Labute approximate surface area is 123 Å². The number of hydrogen-bond acceptors (Lipinski definition) is 3. The first-order valence-electron chi connectivity index (χ1n) is 6.48. The molecule has 1 rings (SSSR count). The molecule has 5 heteroatoms. The van der Waals surface area contributed by atoms with E-state index in [0.717, 1.165) is 5.56 Å². The number of carboxylic acid groups (broad SMARTS) is 1. The number of carboxylic acids is 1. The Morgan fingerprint density at radius 1 is 1.19 bits per heavy atom. The molecule has 1 amide bonds. The molecule has 5 nitrogen and oxygen atoms in total. The number of aliphatic carboxylic acids is 1. The molecular formula is C16H19NO4. The Balaban J connectivity index is 2.69. The lowest BCUT2D eigenvalue weighted by Crippen LogP contribution is -2.54. The summed E-state index contributed by atoms with van der Waals surface area (Å²) in [4.78, 5) is 23.3. The van der Waals surface area contributed by atoms with E-state index in [1.807, 2.05) is 30.3 Å². The molecule has 0 unspecified atom stereocenters. The van der Waals surface area contributed by atoms with Crippen molar-refractivity contribution >= 4 is 12.1 Å². The molecular weight excluding hydrogens is 270 g/mol. The van der Waals surface area contributed by atoms with Crippen LogP contribution in [0.4, 0.5) is 4.79 Å². The van der Waals surface area contributed by atoms with Gasteiger partial charge in [-0.05, 0) is 18.4 Å². The van der Waals surface area contributed by atoms with Crippen LogP contribution < -0.4 is 5.32 Å². The van der Waals surface area contributed by atoms with Crippen LogP contribution in [0.5, 0.6) is 0 Å². The van der Waals surface area contributed by atoms with E-state index in [4.69, 9.17) is 4.74 Å². The summed E-state index contributed by atoms with van der Waals surface area (Å²) in [5, 5.41) is 11.8. The quantitative estimate of drug-likeness (QED) is 0.721. The van der Waals surface area contributed by atoms with E-state index in [1.165, 1.54) is 12.2 Å². The standard InChI is InChI=1S/C16H19NO4/c1-3-10-16(11-4-2,14(18)19)17-15(20)21-12-13-8-6-5-7-9-13/h3-9H,1-2,10-12H2,(H,17,20)(H,18,19). The van der Waals surface area contributed by atoms with Crippen molar-refractivity contribution < 1.29 is 19.4 Å². The van der Waals surface area contributed by atoms with Crippen molar-refractivity contribution in [3.63, 3.8) is 0 Å². The minimum atomic E-state index is -1.47. The van der Waals surface area contributed by atoms with Crippen LogP contribution >= 0.6 is 0 Å². The zero-order valence-corrected chi connectivity index (χ0v) is 11.7. The zero-order valence-electron chi connectivity index (χ0n) is 11.7. The second-order valence-electron chi connectivity index (χ2n) is 4.56. The molecule has 0 aliphatic rings. The van der Waals surface area contributed by atoms with E-state index in [9.17, 15) is 14.7 Å². The van der Waals surface area contributed by atoms with Crippen molar-refractivity contribution in [3.8, 4) is 0 Å². The summed E-state index contributed by atoms with van der Waals surface area (Å²) >= 11 is 0. The first-order chi connectivity index (χ1) is 10.0. The normalized spacial score (nSPS) is 10.5. The highest BCUT2D eigenvalue weighted by molar-refractivity contribution is 5.84. The Hall–Kier alpha value is -2.56. The summed E-state index contributed by atoms with van der Waals surface area (Å²) in [5.41, 5.74) is -0.655. The second-order valence-corrected chi connectivity index (χ2v) is 4.56. The average Bonchev–Trinajstić information content (AvgIpc) is 2.46. The van der Waals surface area contributed by atoms with Crippen LogP contribution in [0.1, 0.15) is 18.4 Å². The Morgan fingerprint density at radius 2 is 1.76 bits per heavy atom. The topological polar surface area (TPSA) is 75.6 Å². The van der Waals surface area contributed by atoms with E-state index < -0.39 is 17.6 Å². The Kier molecular flexibility index (Phi) is 6.20. The average molecular weight is 289 g/mol. The molecule has 0 bridgehead atoms. The lowest BCUT2D eigenvalue weighted by atomic mass is 9.91. The van der Waals surface area contributed by atoms with Gasteiger partial charge in [-0.25, -0.2) is 9.59 Å². The minimum absolute atomic E-state index is 0.0740. The van der Waals surface area contributed by atoms with Gasteiger partial charge >= 0.3 is 12.1 Å². The molecule has 1 aromatic carbocycles. The maximum atomic E-state index is 11.8. The van der Waals surface area contributed by atoms with Crippen molar-refractivity contribution in [2.75, 3.05) is 0 Å². The third-order valence-corrected chi connectivity index (χ3v) is 2.95. The summed E-state index contributed by atoms with van der Waals surface area (Å²) in [6.45, 7) is 7.12. The number of ether oxygens (including phenoxy) is 1. The lowest BCUT2D eigenvalue weighted by Gasteiger charge is -2.27. The van der Waals surface area contributed by atoms with Gasteiger partial charge in [0.15, 0.2) is 0 Å². The van der Waals surface area contributed by atoms with Gasteiger partial charge in [-0.2, -0.15) is 0 Å². The maximum absolute atomic E-state index is 11.8. The van der Waals surface area contributed by atoms with E-state index in [2.05, 4.69) is 18.5 Å². The summed E-state index contributed by atoms with van der Waals surface area (Å²) in [6.07, 6.45) is 2.25. The van der Waals surface area contributed by atoms with Gasteiger partial charge in [-0.3, -0.25) is 0 Å². The molecule has 21 heavy (non-hydrogen) atoms. The fourth-order valence-electron chi connectivity index (χ4n) is 1.86. The van der Waals surface area contributed by atoms with Crippen molar-refractivity contribution in [1.82, 2.24) is 5.32 Å². The zero-order chi connectivity index (χ0) is 15.7. The highest BCUT2D eigenvalue weighted by Gasteiger charge is 2.38. The van der Waals surface area contributed by atoms with Gasteiger partial charge in [0, 0.05) is 0 Å². The lowest BCUT2D eigenvalue weighted by molar-refractivity contribution is -0.144. The third-order valence-electron chi connectivity index (χ3n) is 2.95. The molecule has 112 valence electrons. The largest absolute Gasteiger partial charge is 0.479 e. The summed E-state index contributed by atoms with van der Waals surface area (Å²) in [5.74, 6) is -1.15. The maximum Gasteiger partial charge on any atom is 0.408 e. The monoisotopic (exact) mass is 289 g/mol. The Bertz CT molecular complexity index is 500. The Morgan fingerprint density at radius 3 is 2.24 bits per heavy atom. The first-order valence-corrected chi connectivity index (χ1v) is 6.48. The fourth-order valence-corrected chi connectivity index (χ4v) is 1.86. The number of rotatable bonds is 8. The molecule has 0 atom stereocenters. The number of amides is 1. The van der Waals surface area contributed by atoms with Crippen LogP contribution in [-0.4, -0.2) is 22.7 Å². The van der Waals surface area contributed by atoms with Gasteiger partial charge in [0.2, 0.25) is 0 Å². The predicted molar refractivity (Wildman–Crippen MR) is 79.8 cm³/mol. The van der Waals surface area contributed by atoms with E-state index in [0.29, 0.717) is 0 Å². The number of alkyl carbamates (subject to hydrolysis) is 1. The fraction of sp³-hybridized carbons (Fsp3) is 0.250. The SMILES string of the molecule is C=CCC(CC=C)(NC(=O)OCc1ccccc1)C(=O)O. The number of carbonyl (C=O) groups excluding carboxylic acids is 1. The molecule has 0 aromatic heterocycles. The molecule has 1 aromatic rings. The van der Waals surface area contributed by atoms with Crippen molar-refractivity contribution in [2.45, 2.75) is 25.0 Å². The predicted octanol–water partition coefficient (Wildman–Crippen LogP) is 2.89. The van der Waals surface area contributed by atoms with E-state index in [1.54, 1.807) is 0 Å². The van der Waals surface area contributed by atoms with Crippen LogP contribution in [0.3, 0.4) is 0 Å². The van der Waals surface area contributed by atoms with Crippen LogP contribution in [0.25, 0.3) is 0 Å². The highest BCUT2D eigenvalue weighted by atomic mass is 16.5. The van der Waals surface area contributed by atoms with Gasteiger partial charge in [-0.15, -0.1) is 13.2 Å². The van der Waals surface area contributed by atoms with Crippen LogP contribution in [0.15, 0.2) is 55.6 Å². The summed E-state index contributed by atoms with van der Waals surface area (Å²) < 4.78 is 5.04. The molecule has 0 radical (unpaired) electrons. The van der Waals surface area contributed by atoms with Crippen LogP contribution in [0.2, 0.25) is 0 Å². The molecule has 0 aliphatic heterocycles. The number of nitrogens with one attached hydrogen (secondary N) is 1. The molecule has 0 aliphatic carbocycles. The van der Waals surface area contributed by atoms with Gasteiger partial charge in [-0.1, -0.05) is 42.5 Å². The van der Waals surface area contributed by atoms with Crippen molar-refractivity contribution in [2.24, 2.45) is 0 Å². The summed E-state index contributed by atoms with van der Waals surface area (Å²) in [6, 6.07) is 9.13. The van der Waals surface area contributed by atoms with Crippen molar-refractivity contribution in [3.05, 3.63) is 61.2 Å². The van der Waals surface area contributed by atoms with Crippen molar-refractivity contribution in [1.29, 1.82) is 0 Å². The molecule has 0 saturated heterocycles. The third kappa shape index (κ3) is 4.80. The van der Waals surface area contributed by atoms with Crippen LogP contribution in [0, 0.1) is 0 Å². The number of hydrogen-bond donors (Lipinski definition) is 2. The summed E-state index contributed by atoms with van der Waals surface area (Å²) in [7, 11) is 0. The first kappa shape index (κ1) is 16.5. The minimum Gasteiger partial charge on any atom is -0.479 e. The van der Waals surface area contributed by atoms with Gasteiger partial charge in [0.1, 0.15) is 12.1 Å². The molecule has 0 saturated carbocycles. The number of carbonyl (C=O) groups is 2. The smallest absolute Gasteiger partial charge is 0.408 e. The van der Waals surface area contributed by atoms with E-state index >= 15 is 0 Å². The molecule has 0 heterocycles.